The number of piperidine rings is 1. The van der Waals surface area contributed by atoms with Gasteiger partial charge in [0.2, 0.25) is 10.0 Å². The molecule has 0 saturated carbocycles. The molecule has 4 rings (SSSR count). The maximum Gasteiger partial charge on any atom is 0.253 e. The van der Waals surface area contributed by atoms with Crippen molar-refractivity contribution >= 4 is 27.7 Å². The lowest BCUT2D eigenvalue weighted by molar-refractivity contribution is -0.124. The number of aryl methyl sites for hydroxylation is 2. The maximum absolute atomic E-state index is 13.1. The normalized spacial score (nSPS) is 19.4. The van der Waals surface area contributed by atoms with E-state index < -0.39 is 15.6 Å². The Morgan fingerprint density at radius 1 is 1.00 bits per heavy atom. The van der Waals surface area contributed by atoms with E-state index in [0.29, 0.717) is 37.9 Å². The molecule has 3 aliphatic heterocycles. The third-order valence-electron chi connectivity index (χ3n) is 8.35. The first kappa shape index (κ1) is 28.7. The highest BCUT2D eigenvalue weighted by atomic mass is 32.2. The molecule has 2 amide bonds. The number of carbonyl (C=O) groups excluding carboxylic acids is 2. The minimum Gasteiger partial charge on any atom is -0.339 e. The first-order valence-electron chi connectivity index (χ1n) is 14.5. The number of carbonyl (C=O) groups is 2. The zero-order chi connectivity index (χ0) is 27.2. The van der Waals surface area contributed by atoms with Crippen LogP contribution in [0.4, 0.5) is 0 Å². The highest BCUT2D eigenvalue weighted by Crippen LogP contribution is 2.32. The van der Waals surface area contributed by atoms with Gasteiger partial charge in [-0.1, -0.05) is 51.5 Å². The second-order valence-corrected chi connectivity index (χ2v) is 13.3. The summed E-state index contributed by atoms with van der Waals surface area (Å²) in [6.45, 7) is 6.39. The maximum atomic E-state index is 13.1. The van der Waals surface area contributed by atoms with Crippen molar-refractivity contribution in [1.29, 1.82) is 0 Å². The van der Waals surface area contributed by atoms with Crippen LogP contribution < -0.4 is 5.32 Å². The Bertz CT molecular complexity index is 1140. The van der Waals surface area contributed by atoms with Gasteiger partial charge in [-0.15, -0.1) is 0 Å². The number of likely N-dealkylation sites (tertiary alicyclic amines) is 1. The van der Waals surface area contributed by atoms with E-state index in [1.165, 1.54) is 36.4 Å². The monoisotopic (exact) mass is 544 g/mol. The third-order valence-corrected chi connectivity index (χ3v) is 10.2. The largest absolute Gasteiger partial charge is 0.339 e. The van der Waals surface area contributed by atoms with Gasteiger partial charge in [0.25, 0.3) is 11.8 Å². The van der Waals surface area contributed by atoms with Crippen LogP contribution in [0.5, 0.6) is 0 Å². The van der Waals surface area contributed by atoms with Crippen molar-refractivity contribution in [2.45, 2.75) is 96.4 Å². The van der Waals surface area contributed by atoms with Crippen molar-refractivity contribution in [1.82, 2.24) is 14.5 Å². The summed E-state index contributed by atoms with van der Waals surface area (Å²) in [5.74, 6) is 0.756. The van der Waals surface area contributed by atoms with Crippen molar-refractivity contribution in [3.05, 3.63) is 34.9 Å². The predicted octanol–water partition coefficient (Wildman–Crippen LogP) is 4.22. The summed E-state index contributed by atoms with van der Waals surface area (Å²) in [6.07, 6.45) is 11.6. The van der Waals surface area contributed by atoms with Gasteiger partial charge in [0.05, 0.1) is 5.75 Å². The van der Waals surface area contributed by atoms with E-state index in [1.54, 1.807) is 6.07 Å². The van der Waals surface area contributed by atoms with Gasteiger partial charge in [0.1, 0.15) is 11.4 Å². The molecule has 1 N–H and O–H groups in total. The summed E-state index contributed by atoms with van der Waals surface area (Å²) in [7, 11) is -3.46. The summed E-state index contributed by atoms with van der Waals surface area (Å²) in [5, 5.41) is 2.97. The van der Waals surface area contributed by atoms with Crippen LogP contribution in [0.3, 0.4) is 0 Å². The molecular formula is C29H44N4O4S. The zero-order valence-electron chi connectivity index (χ0n) is 23.1. The van der Waals surface area contributed by atoms with Gasteiger partial charge < -0.3 is 10.2 Å². The Hall–Kier alpha value is -2.26. The number of sulfonamides is 1. The van der Waals surface area contributed by atoms with Crippen LogP contribution in [-0.4, -0.2) is 72.7 Å². The molecule has 1 aromatic carbocycles. The van der Waals surface area contributed by atoms with Crippen LogP contribution in [0.15, 0.2) is 23.2 Å². The average Bonchev–Trinajstić information content (AvgIpc) is 3.16. The molecule has 0 bridgehead atoms. The van der Waals surface area contributed by atoms with Gasteiger partial charge in [-0.05, 0) is 62.3 Å². The molecule has 9 heteroatoms. The fourth-order valence-corrected chi connectivity index (χ4v) is 7.08. The highest BCUT2D eigenvalue weighted by Gasteiger charge is 2.47. The van der Waals surface area contributed by atoms with Gasteiger partial charge in [-0.25, -0.2) is 12.7 Å². The molecule has 0 unspecified atom stereocenters. The van der Waals surface area contributed by atoms with Crippen LogP contribution >= 0.6 is 0 Å². The van der Waals surface area contributed by atoms with Crippen molar-refractivity contribution in [2.24, 2.45) is 4.99 Å². The Morgan fingerprint density at radius 3 is 2.32 bits per heavy atom. The fourth-order valence-electron chi connectivity index (χ4n) is 5.60. The Labute approximate surface area is 228 Å². The Kier molecular flexibility index (Phi) is 9.63. The topological polar surface area (TPSA) is 99.2 Å². The lowest BCUT2D eigenvalue weighted by Gasteiger charge is -2.34. The quantitative estimate of drug-likeness (QED) is 0.376. The van der Waals surface area contributed by atoms with Crippen LogP contribution in [0.25, 0.3) is 0 Å². The lowest BCUT2D eigenvalue weighted by Crippen LogP contribution is -2.50. The number of nitrogens with one attached hydrogen (secondary N) is 1. The molecule has 0 radical (unpaired) electrons. The minimum absolute atomic E-state index is 0.0131. The predicted molar refractivity (Wildman–Crippen MR) is 151 cm³/mol. The first-order valence-corrected chi connectivity index (χ1v) is 16.1. The standard InChI is InChI=1S/C29H44N4O4S/c1-3-4-5-6-7-8-9-11-26-30-28(35)29(31-26)15-19-33(20-16-29)38(36,37)21-14-24-12-13-25(22-23(24)2)27(34)32-17-10-18-32/h12-13,22H,3-11,14-21H2,1-2H3,(H,30,31,35). The van der Waals surface area contributed by atoms with E-state index in [-0.39, 0.29) is 17.6 Å². The molecule has 2 fully saturated rings. The van der Waals surface area contributed by atoms with E-state index in [1.807, 2.05) is 24.0 Å². The second-order valence-electron chi connectivity index (χ2n) is 11.2. The van der Waals surface area contributed by atoms with Crippen LogP contribution in [0.2, 0.25) is 0 Å². The van der Waals surface area contributed by atoms with Crippen LogP contribution in [0, 0.1) is 6.92 Å². The second kappa shape index (κ2) is 12.7. The molecule has 0 aromatic heterocycles. The number of rotatable bonds is 13. The van der Waals surface area contributed by atoms with E-state index in [2.05, 4.69) is 12.2 Å². The van der Waals surface area contributed by atoms with E-state index in [0.717, 1.165) is 55.7 Å². The molecule has 3 aliphatic rings. The van der Waals surface area contributed by atoms with Crippen LogP contribution in [0.1, 0.15) is 99.0 Å². The van der Waals surface area contributed by atoms with Gasteiger partial charge in [-0.3, -0.25) is 14.6 Å². The summed E-state index contributed by atoms with van der Waals surface area (Å²) in [4.78, 5) is 31.9. The summed E-state index contributed by atoms with van der Waals surface area (Å²) in [6, 6.07) is 5.56. The number of hydrogen-bond acceptors (Lipinski definition) is 5. The number of amides is 2. The molecule has 0 atom stereocenters. The van der Waals surface area contributed by atoms with Crippen molar-refractivity contribution in [3.8, 4) is 0 Å². The smallest absolute Gasteiger partial charge is 0.253 e. The van der Waals surface area contributed by atoms with E-state index >= 15 is 0 Å². The summed E-state index contributed by atoms with van der Waals surface area (Å²) in [5.41, 5.74) is 1.74. The number of hydrogen-bond donors (Lipinski definition) is 1. The molecule has 210 valence electrons. The zero-order valence-corrected chi connectivity index (χ0v) is 24.0. The SMILES string of the molecule is CCCCCCCCCC1=NC2(CCN(S(=O)(=O)CCc3ccc(C(=O)N4CCC4)cc3C)CC2)C(=O)N1. The fraction of sp³-hybridized carbons (Fsp3) is 0.690. The third kappa shape index (κ3) is 6.84. The molecule has 3 heterocycles. The molecule has 8 nitrogen and oxygen atoms in total. The highest BCUT2D eigenvalue weighted by molar-refractivity contribution is 7.89. The molecule has 1 aromatic rings. The average molecular weight is 545 g/mol. The van der Waals surface area contributed by atoms with E-state index in [4.69, 9.17) is 4.99 Å². The van der Waals surface area contributed by atoms with E-state index in [9.17, 15) is 18.0 Å². The van der Waals surface area contributed by atoms with Gasteiger partial charge in [0.15, 0.2) is 0 Å². The van der Waals surface area contributed by atoms with Gasteiger partial charge in [0, 0.05) is 38.2 Å². The minimum atomic E-state index is -3.46. The lowest BCUT2D eigenvalue weighted by atomic mass is 9.89. The molecule has 2 saturated heterocycles. The number of benzene rings is 1. The number of nitrogens with zero attached hydrogens (tertiary/aromatic N) is 3. The van der Waals surface area contributed by atoms with Gasteiger partial charge >= 0.3 is 0 Å². The Balaban J connectivity index is 1.25. The summed E-state index contributed by atoms with van der Waals surface area (Å²) >= 11 is 0. The molecular weight excluding hydrogens is 500 g/mol. The molecule has 0 aliphatic carbocycles. The van der Waals surface area contributed by atoms with Crippen molar-refractivity contribution in [3.63, 3.8) is 0 Å². The summed E-state index contributed by atoms with van der Waals surface area (Å²) < 4.78 is 27.8. The van der Waals surface area contributed by atoms with Crippen molar-refractivity contribution in [2.75, 3.05) is 31.9 Å². The molecule has 1 spiro atoms. The molecule has 38 heavy (non-hydrogen) atoms. The van der Waals surface area contributed by atoms with Crippen molar-refractivity contribution < 1.29 is 18.0 Å². The van der Waals surface area contributed by atoms with Crippen LogP contribution in [-0.2, 0) is 21.2 Å². The number of amidine groups is 1. The Morgan fingerprint density at radius 2 is 1.68 bits per heavy atom. The number of aliphatic imine (C=N–C) groups is 1. The number of unbranched alkanes of at least 4 members (excludes halogenated alkanes) is 6. The van der Waals surface area contributed by atoms with Gasteiger partial charge in [-0.2, -0.15) is 0 Å². The first-order chi connectivity index (χ1) is 18.2.